The number of carbonyl (C=O) groups is 1. The number of rotatable bonds is 8. The molecule has 2 aromatic carbocycles. The fourth-order valence-electron chi connectivity index (χ4n) is 2.94. The Hall–Kier alpha value is -2.78. The predicted molar refractivity (Wildman–Crippen MR) is 118 cm³/mol. The summed E-state index contributed by atoms with van der Waals surface area (Å²) in [5.41, 5.74) is 2.15. The minimum atomic E-state index is -0.133. The van der Waals surface area contributed by atoms with Gasteiger partial charge in [0.1, 0.15) is 13.2 Å². The molecule has 1 aliphatic rings. The minimum Gasteiger partial charge on any atom is -0.486 e. The Labute approximate surface area is 183 Å². The van der Waals surface area contributed by atoms with E-state index >= 15 is 0 Å². The molecular weight excluding hydrogens is 420 g/mol. The number of carbonyl (C=O) groups excluding carboxylic acids is 1. The maximum atomic E-state index is 12.4. The highest BCUT2D eigenvalue weighted by atomic mass is 32.2. The van der Waals surface area contributed by atoms with Crippen molar-refractivity contribution in [3.63, 3.8) is 0 Å². The molecule has 1 aliphatic heterocycles. The van der Waals surface area contributed by atoms with E-state index in [2.05, 4.69) is 33.0 Å². The number of benzene rings is 2. The number of anilines is 1. The van der Waals surface area contributed by atoms with Gasteiger partial charge >= 0.3 is 0 Å². The third kappa shape index (κ3) is 5.43. The lowest BCUT2D eigenvalue weighted by atomic mass is 10.1. The van der Waals surface area contributed by atoms with Crippen LogP contribution in [0.2, 0.25) is 0 Å². The maximum absolute atomic E-state index is 12.4. The Morgan fingerprint density at radius 1 is 1.13 bits per heavy atom. The lowest BCUT2D eigenvalue weighted by molar-refractivity contribution is -0.119. The number of ether oxygens (including phenoxy) is 2. The van der Waals surface area contributed by atoms with Crippen LogP contribution in [-0.4, -0.2) is 35.1 Å². The van der Waals surface area contributed by atoms with Gasteiger partial charge in [0.05, 0.1) is 11.8 Å². The molecule has 9 heteroatoms. The highest BCUT2D eigenvalue weighted by Crippen LogP contribution is 2.32. The summed E-state index contributed by atoms with van der Waals surface area (Å²) in [6.45, 7) is 3.74. The molecule has 1 atom stereocenters. The number of amides is 1. The normalized spacial score (nSPS) is 13.5. The maximum Gasteiger partial charge on any atom is 0.230 e. The van der Waals surface area contributed by atoms with E-state index in [1.165, 1.54) is 28.7 Å². The van der Waals surface area contributed by atoms with E-state index in [9.17, 15) is 4.79 Å². The first-order chi connectivity index (χ1) is 14.7. The molecule has 30 heavy (non-hydrogen) atoms. The molecule has 2 N–H and O–H groups in total. The Morgan fingerprint density at radius 3 is 2.77 bits per heavy atom. The second-order valence-corrected chi connectivity index (χ2v) is 8.89. The lowest BCUT2D eigenvalue weighted by Crippen LogP contribution is -2.28. The second kappa shape index (κ2) is 9.82. The van der Waals surface area contributed by atoms with Crippen molar-refractivity contribution in [1.82, 2.24) is 15.5 Å². The van der Waals surface area contributed by atoms with Crippen LogP contribution in [0.4, 0.5) is 5.13 Å². The van der Waals surface area contributed by atoms with Crippen LogP contribution in [0.15, 0.2) is 52.9 Å². The van der Waals surface area contributed by atoms with E-state index in [0.29, 0.717) is 19.8 Å². The van der Waals surface area contributed by atoms with Crippen LogP contribution >= 0.6 is 23.1 Å². The fourth-order valence-corrected chi connectivity index (χ4v) is 4.49. The van der Waals surface area contributed by atoms with Gasteiger partial charge in [-0.25, -0.2) is 0 Å². The second-order valence-electron chi connectivity index (χ2n) is 6.69. The predicted octanol–water partition coefficient (Wildman–Crippen LogP) is 3.89. The minimum absolute atomic E-state index is 0.0589. The zero-order chi connectivity index (χ0) is 20.8. The molecule has 0 fully saturated rings. The molecule has 0 spiro atoms. The Bertz CT molecular complexity index is 997. The van der Waals surface area contributed by atoms with Crippen molar-refractivity contribution in [2.75, 3.05) is 24.3 Å². The van der Waals surface area contributed by atoms with E-state index in [0.717, 1.165) is 26.5 Å². The SMILES string of the molecule is C[C@H](NC(=O)CSc1nnc(NCc2ccccc2)s1)c1ccc2c(c1)OCCO2. The van der Waals surface area contributed by atoms with Crippen molar-refractivity contribution in [2.45, 2.75) is 23.8 Å². The molecule has 1 amide bonds. The monoisotopic (exact) mass is 442 g/mol. The Morgan fingerprint density at radius 2 is 1.93 bits per heavy atom. The van der Waals surface area contributed by atoms with Gasteiger partial charge in [0.15, 0.2) is 15.8 Å². The first kappa shape index (κ1) is 20.5. The van der Waals surface area contributed by atoms with Crippen LogP contribution in [0.3, 0.4) is 0 Å². The number of hydrogen-bond acceptors (Lipinski definition) is 8. The zero-order valence-electron chi connectivity index (χ0n) is 16.5. The van der Waals surface area contributed by atoms with E-state index < -0.39 is 0 Å². The smallest absolute Gasteiger partial charge is 0.230 e. The molecule has 156 valence electrons. The van der Waals surface area contributed by atoms with Gasteiger partial charge in [-0.15, -0.1) is 10.2 Å². The van der Waals surface area contributed by atoms with Gasteiger partial charge in [0.2, 0.25) is 11.0 Å². The summed E-state index contributed by atoms with van der Waals surface area (Å²) >= 11 is 2.82. The van der Waals surface area contributed by atoms with Gasteiger partial charge in [-0.3, -0.25) is 4.79 Å². The summed E-state index contributed by atoms with van der Waals surface area (Å²) in [5.74, 6) is 1.68. The number of nitrogens with one attached hydrogen (secondary N) is 2. The molecule has 0 radical (unpaired) electrons. The van der Waals surface area contributed by atoms with E-state index in [4.69, 9.17) is 9.47 Å². The first-order valence-corrected chi connectivity index (χ1v) is 11.4. The van der Waals surface area contributed by atoms with Gasteiger partial charge in [0.25, 0.3) is 0 Å². The number of aromatic nitrogens is 2. The number of nitrogens with zero attached hydrogens (tertiary/aromatic N) is 2. The van der Waals surface area contributed by atoms with Crippen LogP contribution in [-0.2, 0) is 11.3 Å². The molecule has 0 unspecified atom stereocenters. The van der Waals surface area contributed by atoms with Gasteiger partial charge in [0, 0.05) is 6.54 Å². The summed E-state index contributed by atoms with van der Waals surface area (Å²) in [6, 6.07) is 15.7. The number of hydrogen-bond donors (Lipinski definition) is 2. The largest absolute Gasteiger partial charge is 0.486 e. The third-order valence-corrected chi connectivity index (χ3v) is 6.48. The molecule has 0 saturated carbocycles. The van der Waals surface area contributed by atoms with Crippen molar-refractivity contribution in [3.05, 3.63) is 59.7 Å². The molecular formula is C21H22N4O3S2. The topological polar surface area (TPSA) is 85.4 Å². The van der Waals surface area contributed by atoms with Crippen molar-refractivity contribution in [1.29, 1.82) is 0 Å². The standard InChI is InChI=1S/C21H22N4O3S2/c1-14(16-7-8-17-18(11-16)28-10-9-27-17)23-19(26)13-29-21-25-24-20(30-21)22-12-15-5-3-2-4-6-15/h2-8,11,14H,9-10,12-13H2,1H3,(H,22,24)(H,23,26)/t14-/m0/s1. The van der Waals surface area contributed by atoms with Crippen molar-refractivity contribution in [3.8, 4) is 11.5 Å². The number of fused-ring (bicyclic) bond motifs is 1. The average Bonchev–Trinajstić information content (AvgIpc) is 3.24. The van der Waals surface area contributed by atoms with Crippen LogP contribution in [0.25, 0.3) is 0 Å². The highest BCUT2D eigenvalue weighted by Gasteiger charge is 2.16. The van der Waals surface area contributed by atoms with E-state index in [1.807, 2.05) is 43.3 Å². The zero-order valence-corrected chi connectivity index (χ0v) is 18.1. The molecule has 0 bridgehead atoms. The summed E-state index contributed by atoms with van der Waals surface area (Å²) < 4.78 is 11.9. The van der Waals surface area contributed by atoms with Gasteiger partial charge in [-0.2, -0.15) is 0 Å². The fraction of sp³-hybridized carbons (Fsp3) is 0.286. The van der Waals surface area contributed by atoms with Crippen LogP contribution in [0, 0.1) is 0 Å². The van der Waals surface area contributed by atoms with Crippen LogP contribution in [0.5, 0.6) is 11.5 Å². The van der Waals surface area contributed by atoms with E-state index in [1.54, 1.807) is 0 Å². The summed E-state index contributed by atoms with van der Waals surface area (Å²) in [4.78, 5) is 12.4. The highest BCUT2D eigenvalue weighted by molar-refractivity contribution is 8.01. The molecule has 0 aliphatic carbocycles. The molecule has 2 heterocycles. The first-order valence-electron chi connectivity index (χ1n) is 9.60. The molecule has 3 aromatic rings. The van der Waals surface area contributed by atoms with Gasteiger partial charge in [-0.1, -0.05) is 59.5 Å². The Balaban J connectivity index is 1.24. The Kier molecular flexibility index (Phi) is 6.70. The average molecular weight is 443 g/mol. The molecule has 0 saturated heterocycles. The van der Waals surface area contributed by atoms with Crippen LogP contribution < -0.4 is 20.1 Å². The van der Waals surface area contributed by atoms with Crippen molar-refractivity contribution in [2.24, 2.45) is 0 Å². The van der Waals surface area contributed by atoms with Crippen molar-refractivity contribution < 1.29 is 14.3 Å². The van der Waals surface area contributed by atoms with Gasteiger partial charge in [-0.05, 0) is 30.2 Å². The molecule has 7 nitrogen and oxygen atoms in total. The summed E-state index contributed by atoms with van der Waals surface area (Å²) in [5, 5.41) is 15.3. The molecule has 1 aromatic heterocycles. The van der Waals surface area contributed by atoms with E-state index in [-0.39, 0.29) is 17.7 Å². The quantitative estimate of drug-likeness (QED) is 0.512. The van der Waals surface area contributed by atoms with Gasteiger partial charge < -0.3 is 20.1 Å². The summed E-state index contributed by atoms with van der Waals surface area (Å²) in [6.07, 6.45) is 0. The number of thioether (sulfide) groups is 1. The molecule has 4 rings (SSSR count). The van der Waals surface area contributed by atoms with Crippen molar-refractivity contribution >= 4 is 34.1 Å². The third-order valence-electron chi connectivity index (χ3n) is 4.46. The lowest BCUT2D eigenvalue weighted by Gasteiger charge is -2.21. The van der Waals surface area contributed by atoms with Crippen LogP contribution in [0.1, 0.15) is 24.1 Å². The summed E-state index contributed by atoms with van der Waals surface area (Å²) in [7, 11) is 0.